The molecule has 0 spiro atoms. The van der Waals surface area contributed by atoms with Crippen LogP contribution >= 0.6 is 22.6 Å². The van der Waals surface area contributed by atoms with Crippen molar-refractivity contribution in [2.75, 3.05) is 7.05 Å². The molecule has 0 saturated heterocycles. The predicted octanol–water partition coefficient (Wildman–Crippen LogP) is 3.94. The van der Waals surface area contributed by atoms with Crippen LogP contribution in [-0.4, -0.2) is 7.05 Å². The largest absolute Gasteiger partial charge is 0.453 e. The van der Waals surface area contributed by atoms with Gasteiger partial charge in [-0.1, -0.05) is 24.3 Å². The van der Waals surface area contributed by atoms with Crippen molar-refractivity contribution in [3.05, 3.63) is 57.4 Å². The summed E-state index contributed by atoms with van der Waals surface area (Å²) in [6.45, 7) is 0.566. The number of hydrogen-bond acceptors (Lipinski definition) is 2. The number of rotatable bonds is 4. The van der Waals surface area contributed by atoms with Gasteiger partial charge >= 0.3 is 0 Å². The molecule has 0 fully saturated rings. The Bertz CT molecular complexity index is 545. The maximum atomic E-state index is 13.8. The normalized spacial score (nSPS) is 10.4. The Balaban J connectivity index is 2.36. The fraction of sp³-hybridized carbons (Fsp3) is 0.143. The van der Waals surface area contributed by atoms with Gasteiger partial charge in [-0.3, -0.25) is 0 Å². The van der Waals surface area contributed by atoms with Crippen LogP contribution in [0.5, 0.6) is 11.5 Å². The summed E-state index contributed by atoms with van der Waals surface area (Å²) in [4.78, 5) is 0. The molecule has 0 aliphatic rings. The van der Waals surface area contributed by atoms with Crippen LogP contribution in [-0.2, 0) is 6.54 Å². The first-order chi connectivity index (χ1) is 8.72. The summed E-state index contributed by atoms with van der Waals surface area (Å²) in [5, 5.41) is 3.00. The molecular weight excluding hydrogens is 344 g/mol. The molecule has 0 unspecified atom stereocenters. The van der Waals surface area contributed by atoms with Gasteiger partial charge in [0.05, 0.1) is 3.57 Å². The van der Waals surface area contributed by atoms with Gasteiger partial charge in [0.1, 0.15) is 5.75 Å². The van der Waals surface area contributed by atoms with Crippen LogP contribution in [0, 0.1) is 9.39 Å². The molecule has 0 aromatic heterocycles. The highest BCUT2D eigenvalue weighted by atomic mass is 127. The topological polar surface area (TPSA) is 21.3 Å². The average Bonchev–Trinajstić information content (AvgIpc) is 2.36. The van der Waals surface area contributed by atoms with Crippen molar-refractivity contribution in [2.45, 2.75) is 6.54 Å². The van der Waals surface area contributed by atoms with Crippen LogP contribution in [0.15, 0.2) is 42.5 Å². The molecular formula is C14H13FINO. The summed E-state index contributed by atoms with van der Waals surface area (Å²) in [5.74, 6) is 0.610. The van der Waals surface area contributed by atoms with E-state index >= 15 is 0 Å². The van der Waals surface area contributed by atoms with Gasteiger partial charge in [-0.15, -0.1) is 0 Å². The van der Waals surface area contributed by atoms with Gasteiger partial charge in [0, 0.05) is 12.1 Å². The molecule has 0 heterocycles. The number of halogens is 2. The fourth-order valence-electron chi connectivity index (χ4n) is 1.63. The van der Waals surface area contributed by atoms with Gasteiger partial charge in [0.15, 0.2) is 11.6 Å². The van der Waals surface area contributed by atoms with Crippen molar-refractivity contribution in [3.8, 4) is 11.5 Å². The molecule has 18 heavy (non-hydrogen) atoms. The first kappa shape index (κ1) is 13.3. The summed E-state index contributed by atoms with van der Waals surface area (Å²) in [7, 11) is 1.82. The second kappa shape index (κ2) is 6.15. The molecule has 0 saturated carbocycles. The molecule has 0 bridgehead atoms. The zero-order chi connectivity index (χ0) is 13.0. The third-order valence-corrected chi connectivity index (χ3v) is 3.36. The van der Waals surface area contributed by atoms with Gasteiger partial charge in [0.2, 0.25) is 0 Å². The quantitative estimate of drug-likeness (QED) is 0.837. The van der Waals surface area contributed by atoms with E-state index in [9.17, 15) is 4.39 Å². The molecule has 0 aliphatic heterocycles. The van der Waals surface area contributed by atoms with Gasteiger partial charge in [-0.2, -0.15) is 0 Å². The fourth-order valence-corrected chi connectivity index (χ4v) is 2.13. The van der Waals surface area contributed by atoms with Gasteiger partial charge in [-0.25, -0.2) is 4.39 Å². The highest BCUT2D eigenvalue weighted by Gasteiger charge is 2.11. The van der Waals surface area contributed by atoms with Crippen molar-refractivity contribution in [3.63, 3.8) is 0 Å². The molecule has 4 heteroatoms. The molecule has 2 aromatic rings. The molecule has 0 amide bonds. The minimum atomic E-state index is -0.345. The van der Waals surface area contributed by atoms with E-state index in [1.807, 2.05) is 37.4 Å². The van der Waals surface area contributed by atoms with Crippen molar-refractivity contribution < 1.29 is 9.13 Å². The van der Waals surface area contributed by atoms with Gasteiger partial charge < -0.3 is 10.1 Å². The SMILES string of the molecule is CNCc1cccc(F)c1Oc1ccccc1I. The van der Waals surface area contributed by atoms with Crippen molar-refractivity contribution >= 4 is 22.6 Å². The molecule has 2 aromatic carbocycles. The lowest BCUT2D eigenvalue weighted by Gasteiger charge is -2.12. The summed E-state index contributed by atoms with van der Waals surface area (Å²) in [6.07, 6.45) is 0. The van der Waals surface area contributed by atoms with Gasteiger partial charge in [-0.05, 0) is 47.8 Å². The standard InChI is InChI=1S/C14H13FINO/c1-17-9-10-5-4-6-11(15)14(10)18-13-8-3-2-7-12(13)16/h2-8,17H,9H2,1H3. The molecule has 2 nitrogen and oxygen atoms in total. The maximum absolute atomic E-state index is 13.8. The highest BCUT2D eigenvalue weighted by molar-refractivity contribution is 14.1. The van der Waals surface area contributed by atoms with E-state index < -0.39 is 0 Å². The Morgan fingerprint density at radius 2 is 1.94 bits per heavy atom. The monoisotopic (exact) mass is 357 g/mol. The van der Waals surface area contributed by atoms with E-state index in [1.165, 1.54) is 6.07 Å². The van der Waals surface area contributed by atoms with Crippen LogP contribution in [0.4, 0.5) is 4.39 Å². The van der Waals surface area contributed by atoms with E-state index in [1.54, 1.807) is 6.07 Å². The average molecular weight is 357 g/mol. The van der Waals surface area contributed by atoms with Crippen LogP contribution < -0.4 is 10.1 Å². The highest BCUT2D eigenvalue weighted by Crippen LogP contribution is 2.31. The van der Waals surface area contributed by atoms with Crippen molar-refractivity contribution in [1.82, 2.24) is 5.32 Å². The summed E-state index contributed by atoms with van der Waals surface area (Å²) in [5.41, 5.74) is 0.803. The zero-order valence-corrected chi connectivity index (χ0v) is 12.1. The Labute approximate surface area is 119 Å². The molecule has 0 atom stereocenters. The Hall–Kier alpha value is -1.14. The molecule has 0 radical (unpaired) electrons. The summed E-state index contributed by atoms with van der Waals surface area (Å²) < 4.78 is 20.5. The number of para-hydroxylation sites is 2. The minimum absolute atomic E-state index is 0.288. The van der Waals surface area contributed by atoms with Crippen LogP contribution in [0.1, 0.15) is 5.56 Å². The Kier molecular flexibility index (Phi) is 4.54. The van der Waals surface area contributed by atoms with E-state index in [2.05, 4.69) is 27.9 Å². The lowest BCUT2D eigenvalue weighted by atomic mass is 10.2. The number of nitrogens with one attached hydrogen (secondary N) is 1. The third-order valence-electron chi connectivity index (χ3n) is 2.46. The first-order valence-corrected chi connectivity index (χ1v) is 6.64. The van der Waals surface area contributed by atoms with Crippen LogP contribution in [0.3, 0.4) is 0 Å². The molecule has 2 rings (SSSR count). The van der Waals surface area contributed by atoms with E-state index in [-0.39, 0.29) is 11.6 Å². The summed E-state index contributed by atoms with van der Waals surface area (Å²) in [6, 6.07) is 12.5. The number of hydrogen-bond donors (Lipinski definition) is 1. The smallest absolute Gasteiger partial charge is 0.167 e. The minimum Gasteiger partial charge on any atom is -0.453 e. The third kappa shape index (κ3) is 3.00. The second-order valence-corrected chi connectivity index (χ2v) is 4.95. The lowest BCUT2D eigenvalue weighted by Crippen LogP contribution is -2.07. The zero-order valence-electron chi connectivity index (χ0n) is 9.91. The molecule has 0 aliphatic carbocycles. The second-order valence-electron chi connectivity index (χ2n) is 3.79. The van der Waals surface area contributed by atoms with Crippen molar-refractivity contribution in [2.24, 2.45) is 0 Å². The number of ether oxygens (including phenoxy) is 1. The van der Waals surface area contributed by atoms with E-state index in [4.69, 9.17) is 4.74 Å². The molecule has 1 N–H and O–H groups in total. The first-order valence-electron chi connectivity index (χ1n) is 5.56. The van der Waals surface area contributed by atoms with Crippen molar-refractivity contribution in [1.29, 1.82) is 0 Å². The summed E-state index contributed by atoms with van der Waals surface area (Å²) >= 11 is 2.17. The lowest BCUT2D eigenvalue weighted by molar-refractivity contribution is 0.432. The van der Waals surface area contributed by atoms with Crippen LogP contribution in [0.2, 0.25) is 0 Å². The van der Waals surface area contributed by atoms with Crippen LogP contribution in [0.25, 0.3) is 0 Å². The number of benzene rings is 2. The maximum Gasteiger partial charge on any atom is 0.167 e. The Morgan fingerprint density at radius 1 is 1.17 bits per heavy atom. The predicted molar refractivity (Wildman–Crippen MR) is 78.4 cm³/mol. The van der Waals surface area contributed by atoms with E-state index in [0.29, 0.717) is 12.3 Å². The van der Waals surface area contributed by atoms with E-state index in [0.717, 1.165) is 9.13 Å². The Morgan fingerprint density at radius 3 is 2.67 bits per heavy atom. The molecule has 94 valence electrons. The van der Waals surface area contributed by atoms with Gasteiger partial charge in [0.25, 0.3) is 0 Å².